The number of hydrogen-bond acceptors (Lipinski definition) is 5. The number of ether oxygens (including phenoxy) is 1. The van der Waals surface area contributed by atoms with Gasteiger partial charge in [0.05, 0.1) is 18.6 Å². The summed E-state index contributed by atoms with van der Waals surface area (Å²) in [6.07, 6.45) is 2.44. The fraction of sp³-hybridized carbons (Fsp3) is 0.360. The highest BCUT2D eigenvalue weighted by atomic mass is 32.1. The molecule has 0 unspecified atom stereocenters. The van der Waals surface area contributed by atoms with Gasteiger partial charge >= 0.3 is 0 Å². The number of hydrogen-bond donors (Lipinski definition) is 1. The predicted octanol–water partition coefficient (Wildman–Crippen LogP) is 4.31. The van der Waals surface area contributed by atoms with E-state index in [1.54, 1.807) is 6.20 Å². The SMILES string of the molecule is C[C@@]1(C(=O)Nc2nccs2)Cc2ccc(CN3CCOCC3)cc2[C@@H]1c1ccccc1. The van der Waals surface area contributed by atoms with Crippen molar-refractivity contribution < 1.29 is 9.53 Å². The molecule has 1 aromatic heterocycles. The van der Waals surface area contributed by atoms with Crippen LogP contribution in [0.1, 0.15) is 35.1 Å². The summed E-state index contributed by atoms with van der Waals surface area (Å²) in [5.74, 6) is 0.0375. The first-order chi connectivity index (χ1) is 15.1. The second-order valence-electron chi connectivity index (χ2n) is 8.65. The molecule has 5 rings (SSSR count). The summed E-state index contributed by atoms with van der Waals surface area (Å²) in [4.78, 5) is 20.2. The number of carbonyl (C=O) groups excluding carboxylic acids is 1. The molecule has 0 bridgehead atoms. The van der Waals surface area contributed by atoms with Crippen molar-refractivity contribution in [2.24, 2.45) is 5.41 Å². The van der Waals surface area contributed by atoms with Crippen molar-refractivity contribution in [2.45, 2.75) is 25.8 Å². The smallest absolute Gasteiger partial charge is 0.233 e. The summed E-state index contributed by atoms with van der Waals surface area (Å²) in [6, 6.07) is 17.2. The Balaban J connectivity index is 1.49. The molecule has 1 aliphatic heterocycles. The molecule has 2 heterocycles. The molecule has 1 amide bonds. The predicted molar refractivity (Wildman–Crippen MR) is 123 cm³/mol. The van der Waals surface area contributed by atoms with Crippen LogP contribution in [0.15, 0.2) is 60.1 Å². The number of benzene rings is 2. The average molecular weight is 434 g/mol. The average Bonchev–Trinajstić information content (AvgIpc) is 3.40. The fourth-order valence-electron chi connectivity index (χ4n) is 4.96. The molecule has 0 radical (unpaired) electrons. The number of amides is 1. The minimum atomic E-state index is -0.576. The summed E-state index contributed by atoms with van der Waals surface area (Å²) in [5, 5.41) is 5.60. The van der Waals surface area contributed by atoms with E-state index in [1.807, 2.05) is 11.4 Å². The highest BCUT2D eigenvalue weighted by molar-refractivity contribution is 7.13. The van der Waals surface area contributed by atoms with Crippen molar-refractivity contribution in [3.05, 3.63) is 82.4 Å². The van der Waals surface area contributed by atoms with Gasteiger partial charge in [-0.3, -0.25) is 9.69 Å². The van der Waals surface area contributed by atoms with E-state index in [1.165, 1.54) is 33.6 Å². The zero-order chi connectivity index (χ0) is 21.3. The van der Waals surface area contributed by atoms with Gasteiger partial charge in [0, 0.05) is 37.1 Å². The van der Waals surface area contributed by atoms with E-state index in [0.29, 0.717) is 5.13 Å². The van der Waals surface area contributed by atoms with Gasteiger partial charge in [0.1, 0.15) is 0 Å². The Bertz CT molecular complexity index is 1050. The van der Waals surface area contributed by atoms with Crippen LogP contribution in [0.4, 0.5) is 5.13 Å². The molecule has 0 spiro atoms. The first kappa shape index (κ1) is 20.4. The minimum absolute atomic E-state index is 0.00769. The molecule has 1 fully saturated rings. The van der Waals surface area contributed by atoms with Crippen LogP contribution in [-0.2, 0) is 22.5 Å². The number of nitrogens with zero attached hydrogens (tertiary/aromatic N) is 2. The molecular weight excluding hydrogens is 406 g/mol. The molecule has 3 aromatic rings. The van der Waals surface area contributed by atoms with E-state index in [9.17, 15) is 4.79 Å². The molecule has 2 aromatic carbocycles. The second kappa shape index (κ2) is 8.54. The number of carbonyl (C=O) groups is 1. The van der Waals surface area contributed by atoms with E-state index in [-0.39, 0.29) is 11.8 Å². The number of aromatic nitrogens is 1. The molecule has 1 saturated heterocycles. The van der Waals surface area contributed by atoms with Crippen LogP contribution in [0.25, 0.3) is 0 Å². The first-order valence-corrected chi connectivity index (χ1v) is 11.7. The van der Waals surface area contributed by atoms with Crippen molar-refractivity contribution in [3.8, 4) is 0 Å². The second-order valence-corrected chi connectivity index (χ2v) is 9.55. The summed E-state index contributed by atoms with van der Waals surface area (Å²) in [7, 11) is 0. The van der Waals surface area contributed by atoms with E-state index in [0.717, 1.165) is 39.3 Å². The van der Waals surface area contributed by atoms with Crippen LogP contribution in [0.5, 0.6) is 0 Å². The van der Waals surface area contributed by atoms with Crippen LogP contribution in [0, 0.1) is 5.41 Å². The van der Waals surface area contributed by atoms with E-state index in [2.05, 4.69) is 64.6 Å². The van der Waals surface area contributed by atoms with Crippen LogP contribution in [0.2, 0.25) is 0 Å². The summed E-state index contributed by atoms with van der Waals surface area (Å²) in [5.41, 5.74) is 4.44. The Morgan fingerprint density at radius 2 is 2.03 bits per heavy atom. The van der Waals surface area contributed by atoms with Gasteiger partial charge in [-0.2, -0.15) is 0 Å². The van der Waals surface area contributed by atoms with Gasteiger partial charge in [0.25, 0.3) is 0 Å². The van der Waals surface area contributed by atoms with Crippen LogP contribution in [-0.4, -0.2) is 42.1 Å². The Morgan fingerprint density at radius 1 is 1.23 bits per heavy atom. The number of fused-ring (bicyclic) bond motifs is 1. The Hall–Kier alpha value is -2.54. The van der Waals surface area contributed by atoms with E-state index >= 15 is 0 Å². The number of nitrogens with one attached hydrogen (secondary N) is 1. The third kappa shape index (κ3) is 4.03. The quantitative estimate of drug-likeness (QED) is 0.652. The van der Waals surface area contributed by atoms with Gasteiger partial charge in [0.15, 0.2) is 5.13 Å². The van der Waals surface area contributed by atoms with Crippen molar-refractivity contribution in [1.29, 1.82) is 0 Å². The van der Waals surface area contributed by atoms with Gasteiger partial charge in [0.2, 0.25) is 5.91 Å². The molecule has 5 nitrogen and oxygen atoms in total. The number of rotatable bonds is 5. The van der Waals surface area contributed by atoms with Crippen molar-refractivity contribution >= 4 is 22.4 Å². The van der Waals surface area contributed by atoms with Gasteiger partial charge in [-0.15, -0.1) is 11.3 Å². The molecule has 160 valence electrons. The van der Waals surface area contributed by atoms with Crippen LogP contribution in [0.3, 0.4) is 0 Å². The molecule has 1 N–H and O–H groups in total. The Morgan fingerprint density at radius 3 is 2.77 bits per heavy atom. The fourth-order valence-corrected chi connectivity index (χ4v) is 5.48. The van der Waals surface area contributed by atoms with Crippen molar-refractivity contribution in [3.63, 3.8) is 0 Å². The highest BCUT2D eigenvalue weighted by Gasteiger charge is 2.49. The summed E-state index contributed by atoms with van der Waals surface area (Å²) in [6.45, 7) is 6.54. The zero-order valence-electron chi connectivity index (χ0n) is 17.7. The monoisotopic (exact) mass is 433 g/mol. The molecule has 2 aliphatic rings. The third-order valence-corrected chi connectivity index (χ3v) is 7.22. The van der Waals surface area contributed by atoms with Gasteiger partial charge in [-0.25, -0.2) is 4.98 Å². The minimum Gasteiger partial charge on any atom is -0.379 e. The van der Waals surface area contributed by atoms with Crippen LogP contribution >= 0.6 is 11.3 Å². The molecule has 31 heavy (non-hydrogen) atoms. The standard InChI is InChI=1S/C25H27N3O2S/c1-25(23(29)27-24-26-9-14-31-24)16-20-8-7-18(17-28-10-12-30-13-11-28)15-21(20)22(25)19-5-3-2-4-6-19/h2-9,14-15,22H,10-13,16-17H2,1H3,(H,26,27,29)/t22-,25+/m0/s1. The zero-order valence-corrected chi connectivity index (χ0v) is 18.5. The molecule has 2 atom stereocenters. The molecule has 1 aliphatic carbocycles. The molecule has 6 heteroatoms. The maximum atomic E-state index is 13.5. The number of thiazole rings is 1. The third-order valence-electron chi connectivity index (χ3n) is 6.53. The maximum absolute atomic E-state index is 13.5. The number of anilines is 1. The number of morpholine rings is 1. The topological polar surface area (TPSA) is 54.5 Å². The maximum Gasteiger partial charge on any atom is 0.233 e. The van der Waals surface area contributed by atoms with E-state index in [4.69, 9.17) is 4.74 Å². The Kier molecular flexibility index (Phi) is 5.61. The largest absolute Gasteiger partial charge is 0.379 e. The van der Waals surface area contributed by atoms with E-state index < -0.39 is 5.41 Å². The first-order valence-electron chi connectivity index (χ1n) is 10.8. The van der Waals surface area contributed by atoms with Gasteiger partial charge in [-0.05, 0) is 35.6 Å². The lowest BCUT2D eigenvalue weighted by Gasteiger charge is -2.31. The van der Waals surface area contributed by atoms with Crippen molar-refractivity contribution in [2.75, 3.05) is 31.6 Å². The summed E-state index contributed by atoms with van der Waals surface area (Å²) >= 11 is 1.45. The van der Waals surface area contributed by atoms with Crippen molar-refractivity contribution in [1.82, 2.24) is 9.88 Å². The summed E-state index contributed by atoms with van der Waals surface area (Å²) < 4.78 is 5.49. The van der Waals surface area contributed by atoms with Crippen LogP contribution < -0.4 is 5.32 Å². The van der Waals surface area contributed by atoms with Gasteiger partial charge < -0.3 is 10.1 Å². The Labute approximate surface area is 187 Å². The van der Waals surface area contributed by atoms with Gasteiger partial charge in [-0.1, -0.05) is 48.5 Å². The lowest BCUT2D eigenvalue weighted by Crippen LogP contribution is -2.37. The lowest BCUT2D eigenvalue weighted by molar-refractivity contribution is -0.125. The molecule has 0 saturated carbocycles. The lowest BCUT2D eigenvalue weighted by atomic mass is 9.73. The molecular formula is C25H27N3O2S. The normalized spacial score (nSPS) is 23.5. The highest BCUT2D eigenvalue weighted by Crippen LogP contribution is 2.51.